The van der Waals surface area contributed by atoms with Crippen molar-refractivity contribution in [3.63, 3.8) is 0 Å². The molecule has 174 valence electrons. The maximum Gasteiger partial charge on any atom is 0.227 e. The summed E-state index contributed by atoms with van der Waals surface area (Å²) in [6, 6.07) is 13.3. The molecule has 2 aromatic carbocycles. The molecule has 0 aliphatic carbocycles. The molecule has 0 aliphatic rings. The fourth-order valence-electron chi connectivity index (χ4n) is 3.44. The van der Waals surface area contributed by atoms with E-state index in [9.17, 15) is 10.5 Å². The van der Waals surface area contributed by atoms with E-state index in [-0.39, 0.29) is 13.2 Å². The van der Waals surface area contributed by atoms with E-state index in [1.165, 1.54) is 0 Å². The topological polar surface area (TPSA) is 144 Å². The van der Waals surface area contributed by atoms with Crippen molar-refractivity contribution in [2.45, 2.75) is 13.3 Å². The van der Waals surface area contributed by atoms with Crippen LogP contribution in [0.25, 0.3) is 17.3 Å². The molecule has 3 rings (SSSR count). The molecule has 0 unspecified atom stereocenters. The van der Waals surface area contributed by atoms with Crippen LogP contribution in [-0.4, -0.2) is 34.8 Å². The molecule has 0 atom stereocenters. The second-order valence-electron chi connectivity index (χ2n) is 7.53. The Morgan fingerprint density at radius 1 is 1.14 bits per heavy atom. The Bertz CT molecular complexity index is 1390. The Kier molecular flexibility index (Phi) is 8.53. The lowest BCUT2D eigenvalue weighted by Crippen LogP contribution is -2.07. The first-order chi connectivity index (χ1) is 17.0. The number of nitrogens with two attached hydrogens (primary N) is 1. The fraction of sp³-hybridized carbons (Fsp3) is 0.185. The zero-order chi connectivity index (χ0) is 25.2. The summed E-state index contributed by atoms with van der Waals surface area (Å²) in [5.74, 6) is 6.04. The highest BCUT2D eigenvalue weighted by Gasteiger charge is 2.13. The third-order valence-electron chi connectivity index (χ3n) is 5.15. The van der Waals surface area contributed by atoms with Crippen LogP contribution in [0.2, 0.25) is 0 Å². The first-order valence-corrected chi connectivity index (χ1v) is 10.9. The molecule has 1 aromatic heterocycles. The number of nitrogens with zero attached hydrogens (tertiary/aromatic N) is 4. The summed E-state index contributed by atoms with van der Waals surface area (Å²) in [5, 5.41) is 34.7. The largest absolute Gasteiger partial charge is 0.396 e. The van der Waals surface area contributed by atoms with Gasteiger partial charge >= 0.3 is 0 Å². The number of aliphatic hydroxyl groups is 1. The third-order valence-corrected chi connectivity index (χ3v) is 5.15. The first-order valence-electron chi connectivity index (χ1n) is 10.9. The van der Waals surface area contributed by atoms with E-state index in [1.54, 1.807) is 30.5 Å². The number of anilines is 3. The molecule has 0 spiro atoms. The summed E-state index contributed by atoms with van der Waals surface area (Å²) < 4.78 is 0. The van der Waals surface area contributed by atoms with E-state index in [4.69, 9.17) is 10.8 Å². The SMILES string of the molecule is C=Cc1cc(-c2ccnc(Nc3cc(C#N)c(C#CCN)cc3C)n2)cc(C#N)c1NCCCO. The van der Waals surface area contributed by atoms with E-state index in [2.05, 4.69) is 51.2 Å². The van der Waals surface area contributed by atoms with Crippen LogP contribution >= 0.6 is 0 Å². The number of rotatable bonds is 8. The maximum absolute atomic E-state index is 9.71. The molecule has 0 radical (unpaired) electrons. The normalized spacial score (nSPS) is 9.86. The Morgan fingerprint density at radius 3 is 2.63 bits per heavy atom. The highest BCUT2D eigenvalue weighted by atomic mass is 16.3. The van der Waals surface area contributed by atoms with Gasteiger partial charge in [-0.3, -0.25) is 0 Å². The fourth-order valence-corrected chi connectivity index (χ4v) is 3.44. The number of aryl methyl sites for hydroxylation is 1. The zero-order valence-electron chi connectivity index (χ0n) is 19.4. The Balaban J connectivity index is 1.96. The van der Waals surface area contributed by atoms with E-state index >= 15 is 0 Å². The molecule has 0 aliphatic heterocycles. The highest BCUT2D eigenvalue weighted by molar-refractivity contribution is 5.79. The quantitative estimate of drug-likeness (QED) is 0.292. The van der Waals surface area contributed by atoms with Crippen molar-refractivity contribution < 1.29 is 5.11 Å². The van der Waals surface area contributed by atoms with Gasteiger partial charge in [0.15, 0.2) is 0 Å². The van der Waals surface area contributed by atoms with Gasteiger partial charge in [0.25, 0.3) is 0 Å². The molecular formula is C27H25N7O. The van der Waals surface area contributed by atoms with Crippen LogP contribution in [-0.2, 0) is 0 Å². The van der Waals surface area contributed by atoms with Crippen LogP contribution in [0.5, 0.6) is 0 Å². The minimum Gasteiger partial charge on any atom is -0.396 e. The van der Waals surface area contributed by atoms with Crippen LogP contribution in [0.15, 0.2) is 43.1 Å². The van der Waals surface area contributed by atoms with E-state index in [0.29, 0.717) is 52.7 Å². The number of hydrogen-bond acceptors (Lipinski definition) is 8. The van der Waals surface area contributed by atoms with Crippen LogP contribution < -0.4 is 16.4 Å². The van der Waals surface area contributed by atoms with Gasteiger partial charge in [0.2, 0.25) is 5.95 Å². The molecule has 3 aromatic rings. The van der Waals surface area contributed by atoms with Crippen LogP contribution in [0.3, 0.4) is 0 Å². The summed E-state index contributed by atoms with van der Waals surface area (Å²) in [6.45, 7) is 6.58. The number of nitriles is 2. The standard InChI is InChI=1S/C27H25N7O/c1-3-19-13-21(14-23(17-30)26(19)31-9-5-11-35)24-7-10-32-27(33-24)34-25-15-22(16-29)20(6-4-8-28)12-18(25)2/h3,7,10,12-15,31,35H,1,5,8-9,11,28H2,2H3,(H,32,33,34). The average Bonchev–Trinajstić information content (AvgIpc) is 2.88. The minimum atomic E-state index is 0.0618. The molecule has 0 saturated heterocycles. The van der Waals surface area contributed by atoms with Gasteiger partial charge in [0.05, 0.1) is 29.1 Å². The van der Waals surface area contributed by atoms with Gasteiger partial charge in [-0.05, 0) is 54.8 Å². The molecule has 8 nitrogen and oxygen atoms in total. The Hall–Kier alpha value is -4.68. The van der Waals surface area contributed by atoms with Crippen LogP contribution in [0.4, 0.5) is 17.3 Å². The monoisotopic (exact) mass is 463 g/mol. The minimum absolute atomic E-state index is 0.0618. The van der Waals surface area contributed by atoms with Gasteiger partial charge in [-0.1, -0.05) is 24.5 Å². The average molecular weight is 464 g/mol. The van der Waals surface area contributed by atoms with Crippen LogP contribution in [0, 0.1) is 41.4 Å². The van der Waals surface area contributed by atoms with Gasteiger partial charge in [-0.2, -0.15) is 10.5 Å². The van der Waals surface area contributed by atoms with E-state index in [0.717, 1.165) is 16.7 Å². The second kappa shape index (κ2) is 12.0. The lowest BCUT2D eigenvalue weighted by atomic mass is 10.0. The van der Waals surface area contributed by atoms with Crippen molar-refractivity contribution in [3.05, 3.63) is 70.9 Å². The molecule has 35 heavy (non-hydrogen) atoms. The van der Waals surface area contributed by atoms with Crippen molar-refractivity contribution in [1.82, 2.24) is 9.97 Å². The van der Waals surface area contributed by atoms with Gasteiger partial charge in [0, 0.05) is 36.2 Å². The van der Waals surface area contributed by atoms with Gasteiger partial charge in [-0.15, -0.1) is 0 Å². The Morgan fingerprint density at radius 2 is 1.94 bits per heavy atom. The first kappa shape index (κ1) is 25.0. The summed E-state index contributed by atoms with van der Waals surface area (Å²) in [4.78, 5) is 8.93. The Labute approximate surface area is 204 Å². The second-order valence-corrected chi connectivity index (χ2v) is 7.53. The molecular weight excluding hydrogens is 438 g/mol. The molecule has 0 saturated carbocycles. The number of benzene rings is 2. The summed E-state index contributed by atoms with van der Waals surface area (Å²) >= 11 is 0. The van der Waals surface area contributed by atoms with Crippen LogP contribution in [0.1, 0.15) is 34.2 Å². The predicted molar refractivity (Wildman–Crippen MR) is 138 cm³/mol. The molecule has 1 heterocycles. The van der Waals surface area contributed by atoms with Gasteiger partial charge in [0.1, 0.15) is 12.1 Å². The molecule has 8 heteroatoms. The molecule has 0 fully saturated rings. The molecule has 0 amide bonds. The van der Waals surface area contributed by atoms with Crippen molar-refractivity contribution >= 4 is 23.4 Å². The summed E-state index contributed by atoms with van der Waals surface area (Å²) in [6.07, 6.45) is 3.87. The number of nitrogens with one attached hydrogen (secondary N) is 2. The van der Waals surface area contributed by atoms with E-state index in [1.807, 2.05) is 19.1 Å². The lowest BCUT2D eigenvalue weighted by molar-refractivity contribution is 0.292. The molecule has 5 N–H and O–H groups in total. The zero-order valence-corrected chi connectivity index (χ0v) is 19.4. The summed E-state index contributed by atoms with van der Waals surface area (Å²) in [5.41, 5.74) is 11.3. The summed E-state index contributed by atoms with van der Waals surface area (Å²) in [7, 11) is 0. The molecule has 0 bridgehead atoms. The smallest absolute Gasteiger partial charge is 0.227 e. The van der Waals surface area contributed by atoms with Crippen molar-refractivity contribution in [1.29, 1.82) is 10.5 Å². The van der Waals surface area contributed by atoms with Gasteiger partial charge < -0.3 is 21.5 Å². The maximum atomic E-state index is 9.71. The van der Waals surface area contributed by atoms with Crippen molar-refractivity contribution in [2.24, 2.45) is 5.73 Å². The highest BCUT2D eigenvalue weighted by Crippen LogP contribution is 2.30. The number of hydrogen-bond donors (Lipinski definition) is 4. The van der Waals surface area contributed by atoms with Crippen molar-refractivity contribution in [2.75, 3.05) is 30.3 Å². The predicted octanol–water partition coefficient (Wildman–Crippen LogP) is 3.69. The van der Waals surface area contributed by atoms with Crippen molar-refractivity contribution in [3.8, 4) is 35.2 Å². The number of aromatic nitrogens is 2. The third kappa shape index (κ3) is 6.01. The van der Waals surface area contributed by atoms with E-state index < -0.39 is 0 Å². The lowest BCUT2D eigenvalue weighted by Gasteiger charge is -2.14. The number of aliphatic hydroxyl groups excluding tert-OH is 1. The van der Waals surface area contributed by atoms with Gasteiger partial charge in [-0.25, -0.2) is 9.97 Å².